The van der Waals surface area contributed by atoms with Gasteiger partial charge in [-0.3, -0.25) is 4.79 Å². The highest BCUT2D eigenvalue weighted by atomic mass is 16.3. The molecule has 1 rings (SSSR count). The van der Waals surface area contributed by atoms with Crippen molar-refractivity contribution in [1.82, 2.24) is 9.88 Å². The van der Waals surface area contributed by atoms with Crippen molar-refractivity contribution in [3.8, 4) is 0 Å². The van der Waals surface area contributed by atoms with Gasteiger partial charge in [0, 0.05) is 18.3 Å². The number of nitrogens with zero attached hydrogens (tertiary/aromatic N) is 2. The molecular weight excluding hydrogens is 256 g/mol. The van der Waals surface area contributed by atoms with E-state index in [0.717, 1.165) is 18.5 Å². The van der Waals surface area contributed by atoms with E-state index in [-0.39, 0.29) is 12.5 Å². The first-order chi connectivity index (χ1) is 9.35. The van der Waals surface area contributed by atoms with E-state index < -0.39 is 5.54 Å². The zero-order valence-electron chi connectivity index (χ0n) is 12.6. The number of nitrogens with one attached hydrogen (secondary N) is 1. The monoisotopic (exact) mass is 280 g/mol. The normalized spacial score (nSPS) is 11.3. The van der Waals surface area contributed by atoms with Crippen molar-refractivity contribution < 1.29 is 9.90 Å². The predicted octanol–water partition coefficient (Wildman–Crippen LogP) is 1.16. The molecule has 0 aliphatic heterocycles. The smallest absolute Gasteiger partial charge is 0.254 e. The Bertz CT molecular complexity index is 474. The van der Waals surface area contributed by atoms with Gasteiger partial charge in [0.05, 0.1) is 12.1 Å². The minimum atomic E-state index is -0.623. The maximum atomic E-state index is 12.5. The standard InChI is InChI=1S/C14H24N4O2/c1-5-6-11-7-10(8-12(16-11)17-15)13(20)18(4)14(2,3)9-19/h7-8,19H,5-6,9,15H2,1-4H3,(H,16,17). The Morgan fingerprint density at radius 2 is 2.15 bits per heavy atom. The molecule has 0 fully saturated rings. The van der Waals surface area contributed by atoms with Crippen LogP contribution in [0.2, 0.25) is 0 Å². The topological polar surface area (TPSA) is 91.5 Å². The number of nitrogens with two attached hydrogens (primary N) is 1. The zero-order valence-corrected chi connectivity index (χ0v) is 12.6. The maximum absolute atomic E-state index is 12.5. The van der Waals surface area contributed by atoms with Crippen LogP contribution in [0, 0.1) is 0 Å². The second-order valence-electron chi connectivity index (χ2n) is 5.46. The molecular formula is C14H24N4O2. The van der Waals surface area contributed by atoms with E-state index in [0.29, 0.717) is 11.4 Å². The van der Waals surface area contributed by atoms with Crippen LogP contribution in [0.5, 0.6) is 0 Å². The second-order valence-corrected chi connectivity index (χ2v) is 5.46. The molecule has 0 bridgehead atoms. The lowest BCUT2D eigenvalue weighted by molar-refractivity contribution is 0.0473. The Labute approximate surface area is 120 Å². The second kappa shape index (κ2) is 6.67. The fourth-order valence-electron chi connectivity index (χ4n) is 1.74. The number of pyridine rings is 1. The molecule has 0 radical (unpaired) electrons. The fraction of sp³-hybridized carbons (Fsp3) is 0.571. The highest BCUT2D eigenvalue weighted by molar-refractivity contribution is 5.95. The molecule has 0 atom stereocenters. The Balaban J connectivity index is 3.11. The van der Waals surface area contributed by atoms with Crippen molar-refractivity contribution in [2.24, 2.45) is 5.84 Å². The van der Waals surface area contributed by atoms with Crippen molar-refractivity contribution in [2.75, 3.05) is 19.1 Å². The van der Waals surface area contributed by atoms with Gasteiger partial charge in [0.25, 0.3) is 5.91 Å². The molecule has 1 aromatic rings. The number of carbonyl (C=O) groups excluding carboxylic acids is 1. The van der Waals surface area contributed by atoms with E-state index >= 15 is 0 Å². The Morgan fingerprint density at radius 3 is 2.65 bits per heavy atom. The molecule has 1 aromatic heterocycles. The summed E-state index contributed by atoms with van der Waals surface area (Å²) in [5, 5.41) is 9.36. The third-order valence-corrected chi connectivity index (χ3v) is 3.38. The molecule has 1 heterocycles. The third kappa shape index (κ3) is 3.68. The van der Waals surface area contributed by atoms with Gasteiger partial charge in [-0.15, -0.1) is 0 Å². The van der Waals surface area contributed by atoms with Crippen LogP contribution in [-0.2, 0) is 6.42 Å². The van der Waals surface area contributed by atoms with Gasteiger partial charge in [0.1, 0.15) is 5.82 Å². The summed E-state index contributed by atoms with van der Waals surface area (Å²) in [5.74, 6) is 5.70. The van der Waals surface area contributed by atoms with Gasteiger partial charge in [-0.1, -0.05) is 13.3 Å². The molecule has 6 heteroatoms. The fourth-order valence-corrected chi connectivity index (χ4v) is 1.74. The van der Waals surface area contributed by atoms with Crippen LogP contribution in [0.15, 0.2) is 12.1 Å². The summed E-state index contributed by atoms with van der Waals surface area (Å²) in [6, 6.07) is 3.39. The van der Waals surface area contributed by atoms with E-state index in [1.165, 1.54) is 4.90 Å². The number of hydrogen-bond donors (Lipinski definition) is 3. The molecule has 0 saturated heterocycles. The van der Waals surface area contributed by atoms with Gasteiger partial charge in [0.2, 0.25) is 0 Å². The highest BCUT2D eigenvalue weighted by Gasteiger charge is 2.28. The molecule has 0 unspecified atom stereocenters. The van der Waals surface area contributed by atoms with Crippen molar-refractivity contribution >= 4 is 11.7 Å². The number of rotatable bonds is 6. The molecule has 0 spiro atoms. The van der Waals surface area contributed by atoms with Gasteiger partial charge in [-0.05, 0) is 32.4 Å². The lowest BCUT2D eigenvalue weighted by Gasteiger charge is -2.34. The zero-order chi connectivity index (χ0) is 15.3. The van der Waals surface area contributed by atoms with Gasteiger partial charge < -0.3 is 15.4 Å². The van der Waals surface area contributed by atoms with Crippen LogP contribution in [0.1, 0.15) is 43.2 Å². The quantitative estimate of drug-likeness (QED) is 0.537. The van der Waals surface area contributed by atoms with E-state index in [2.05, 4.69) is 10.4 Å². The molecule has 4 N–H and O–H groups in total. The average Bonchev–Trinajstić information content (AvgIpc) is 2.45. The van der Waals surface area contributed by atoms with Crippen LogP contribution >= 0.6 is 0 Å². The van der Waals surface area contributed by atoms with Crippen molar-refractivity contribution in [3.63, 3.8) is 0 Å². The first kappa shape index (κ1) is 16.4. The van der Waals surface area contributed by atoms with E-state index in [4.69, 9.17) is 5.84 Å². The average molecular weight is 280 g/mol. The van der Waals surface area contributed by atoms with Crippen LogP contribution in [-0.4, -0.2) is 40.1 Å². The van der Waals surface area contributed by atoms with E-state index in [9.17, 15) is 9.90 Å². The van der Waals surface area contributed by atoms with Crippen LogP contribution < -0.4 is 11.3 Å². The number of carbonyl (C=O) groups is 1. The number of aliphatic hydroxyl groups is 1. The van der Waals surface area contributed by atoms with Gasteiger partial charge >= 0.3 is 0 Å². The summed E-state index contributed by atoms with van der Waals surface area (Å²) in [6.45, 7) is 5.55. The number of amides is 1. The SMILES string of the molecule is CCCc1cc(C(=O)N(C)C(C)(C)CO)cc(NN)n1. The first-order valence-corrected chi connectivity index (χ1v) is 6.72. The summed E-state index contributed by atoms with van der Waals surface area (Å²) in [5.41, 5.74) is 3.19. The number of anilines is 1. The van der Waals surface area contributed by atoms with Crippen molar-refractivity contribution in [3.05, 3.63) is 23.4 Å². The summed E-state index contributed by atoms with van der Waals surface area (Å²) in [6.07, 6.45) is 1.72. The van der Waals surface area contributed by atoms with E-state index in [1.807, 2.05) is 6.92 Å². The van der Waals surface area contributed by atoms with Gasteiger partial charge in [0.15, 0.2) is 0 Å². The molecule has 0 aliphatic carbocycles. The highest BCUT2D eigenvalue weighted by Crippen LogP contribution is 2.18. The number of hydrogen-bond acceptors (Lipinski definition) is 5. The summed E-state index contributed by atoms with van der Waals surface area (Å²) in [7, 11) is 1.67. The maximum Gasteiger partial charge on any atom is 0.254 e. The molecule has 0 saturated carbocycles. The summed E-state index contributed by atoms with van der Waals surface area (Å²) >= 11 is 0. The van der Waals surface area contributed by atoms with Crippen LogP contribution in [0.25, 0.3) is 0 Å². The minimum Gasteiger partial charge on any atom is -0.394 e. The Morgan fingerprint density at radius 1 is 1.50 bits per heavy atom. The molecule has 6 nitrogen and oxygen atoms in total. The number of aromatic nitrogens is 1. The lowest BCUT2D eigenvalue weighted by atomic mass is 10.0. The number of likely N-dealkylation sites (N-methyl/N-ethyl adjacent to an activating group) is 1. The first-order valence-electron chi connectivity index (χ1n) is 6.72. The third-order valence-electron chi connectivity index (χ3n) is 3.38. The largest absolute Gasteiger partial charge is 0.394 e. The summed E-state index contributed by atoms with van der Waals surface area (Å²) in [4.78, 5) is 18.3. The Hall–Kier alpha value is -1.66. The number of nitrogen functional groups attached to an aromatic ring is 1. The molecule has 112 valence electrons. The Kier molecular flexibility index (Phi) is 5.47. The van der Waals surface area contributed by atoms with E-state index in [1.54, 1.807) is 33.0 Å². The van der Waals surface area contributed by atoms with Crippen molar-refractivity contribution in [1.29, 1.82) is 0 Å². The van der Waals surface area contributed by atoms with Crippen molar-refractivity contribution in [2.45, 2.75) is 39.2 Å². The van der Waals surface area contributed by atoms with Crippen LogP contribution in [0.3, 0.4) is 0 Å². The predicted molar refractivity (Wildman–Crippen MR) is 79.3 cm³/mol. The summed E-state index contributed by atoms with van der Waals surface area (Å²) < 4.78 is 0. The molecule has 20 heavy (non-hydrogen) atoms. The van der Waals surface area contributed by atoms with Gasteiger partial charge in [-0.25, -0.2) is 10.8 Å². The lowest BCUT2D eigenvalue weighted by Crippen LogP contribution is -2.47. The number of hydrazine groups is 1. The number of aliphatic hydroxyl groups excluding tert-OH is 1. The van der Waals surface area contributed by atoms with Crippen LogP contribution in [0.4, 0.5) is 5.82 Å². The number of aryl methyl sites for hydroxylation is 1. The molecule has 0 aromatic carbocycles. The minimum absolute atomic E-state index is 0.107. The van der Waals surface area contributed by atoms with Gasteiger partial charge in [-0.2, -0.15) is 0 Å². The molecule has 0 aliphatic rings. The molecule has 1 amide bonds.